The summed E-state index contributed by atoms with van der Waals surface area (Å²) < 4.78 is 11.9. The number of nitrogens with zero attached hydrogens (tertiary/aromatic N) is 5. The Morgan fingerprint density at radius 3 is 2.01 bits per heavy atom. The lowest BCUT2D eigenvalue weighted by molar-refractivity contribution is 0.613. The second-order valence-electron chi connectivity index (χ2n) is 18.8. The average molecular weight is 896 g/mol. The summed E-state index contributed by atoms with van der Waals surface area (Å²) in [4.78, 5) is 16.4. The molecule has 2 aliphatic rings. The van der Waals surface area contributed by atoms with Gasteiger partial charge in [-0.2, -0.15) is 0 Å². The molecule has 0 N–H and O–H groups in total. The van der Waals surface area contributed by atoms with Crippen molar-refractivity contribution in [3.63, 3.8) is 0 Å². The van der Waals surface area contributed by atoms with Crippen molar-refractivity contribution in [2.75, 3.05) is 0 Å². The summed E-state index contributed by atoms with van der Waals surface area (Å²) in [7, 11) is 0. The number of benzene rings is 9. The van der Waals surface area contributed by atoms with Crippen molar-refractivity contribution in [1.82, 2.24) is 24.1 Å². The second kappa shape index (κ2) is 14.9. The van der Waals surface area contributed by atoms with Crippen LogP contribution in [-0.4, -0.2) is 24.1 Å². The highest BCUT2D eigenvalue weighted by Crippen LogP contribution is 2.43. The molecule has 328 valence electrons. The molecule has 15 rings (SSSR count). The fourth-order valence-electron chi connectivity index (χ4n) is 11.6. The number of rotatable bonds is 5. The van der Waals surface area contributed by atoms with Crippen LogP contribution in [0.25, 0.3) is 134 Å². The van der Waals surface area contributed by atoms with Crippen LogP contribution < -0.4 is 10.6 Å². The fourth-order valence-corrected chi connectivity index (χ4v) is 11.6. The Morgan fingerprint density at radius 1 is 0.500 bits per heavy atom. The smallest absolute Gasteiger partial charge is 0.167 e. The molecule has 0 fully saturated rings. The molecule has 4 heterocycles. The van der Waals surface area contributed by atoms with Crippen LogP contribution in [-0.2, 0) is 0 Å². The van der Waals surface area contributed by atoms with E-state index < -0.39 is 0 Å². The van der Waals surface area contributed by atoms with Gasteiger partial charge < -0.3 is 13.6 Å². The van der Waals surface area contributed by atoms with Gasteiger partial charge in [0.25, 0.3) is 0 Å². The van der Waals surface area contributed by atoms with Crippen molar-refractivity contribution in [1.29, 1.82) is 0 Å². The van der Waals surface area contributed by atoms with Crippen molar-refractivity contribution < 1.29 is 4.42 Å². The van der Waals surface area contributed by atoms with E-state index in [0.29, 0.717) is 29.3 Å². The van der Waals surface area contributed by atoms with Crippen molar-refractivity contribution in [3.8, 4) is 45.5 Å². The summed E-state index contributed by atoms with van der Waals surface area (Å²) in [5.74, 6) is 2.39. The van der Waals surface area contributed by atoms with E-state index in [2.05, 4.69) is 228 Å². The van der Waals surface area contributed by atoms with Gasteiger partial charge in [-0.1, -0.05) is 165 Å². The number of allylic oxidation sites excluding steroid dienone is 4. The Kier molecular flexibility index (Phi) is 8.30. The molecular formula is C64H41N5O. The highest BCUT2D eigenvalue weighted by Gasteiger charge is 2.27. The minimum Gasteiger partial charge on any atom is -0.455 e. The third kappa shape index (κ3) is 5.71. The average Bonchev–Trinajstić information content (AvgIpc) is 4.07. The number of hydrogen-bond acceptors (Lipinski definition) is 4. The number of para-hydroxylation sites is 4. The summed E-state index contributed by atoms with van der Waals surface area (Å²) in [5.41, 5.74) is 10.9. The topological polar surface area (TPSA) is 61.7 Å². The van der Waals surface area contributed by atoms with E-state index in [1.165, 1.54) is 27.0 Å². The minimum absolute atomic E-state index is 0.300. The van der Waals surface area contributed by atoms with Gasteiger partial charge in [0.15, 0.2) is 17.5 Å². The van der Waals surface area contributed by atoms with Crippen molar-refractivity contribution in [3.05, 3.63) is 222 Å². The standard InChI is InChI=1S/C64H41N5O/c1-38-16-13-21-42-36-57-53(37-51(38)42)52-34-40-18-5-6-19-41(40)35-56(52)69(57)55-33-32-50(61-59(55)48-26-10-12-31-58(48)70-61)64-66-62(47-28-14-20-39-17-7-8-24-44(39)47)65-63(67-64)49-29-15-27-46-45-25-9-11-30-54(45)68(60(46)49)43-22-3-2-4-23-43/h2-38,51H,1H3. The molecule has 2 atom stereocenters. The third-order valence-corrected chi connectivity index (χ3v) is 14.8. The van der Waals surface area contributed by atoms with Crippen LogP contribution >= 0.6 is 0 Å². The quantitative estimate of drug-likeness (QED) is 0.173. The summed E-state index contributed by atoms with van der Waals surface area (Å²) in [6.45, 7) is 2.32. The van der Waals surface area contributed by atoms with E-state index >= 15 is 0 Å². The first-order valence-corrected chi connectivity index (χ1v) is 24.1. The SMILES string of the molecule is CC1C=CC=C2C=c3c(c4cc5ccccc5cc4n3-c3ccc(-c4nc(-c5cccc6ccccc56)nc(-c5cccc6c7ccccc7n(-c7ccccc7)c56)n4)c4oc5ccccc5c34)=CC21. The molecule has 2 unspecified atom stereocenters. The van der Waals surface area contributed by atoms with Crippen LogP contribution in [0.5, 0.6) is 0 Å². The summed E-state index contributed by atoms with van der Waals surface area (Å²) in [6.07, 6.45) is 11.7. The first kappa shape index (κ1) is 38.9. The lowest BCUT2D eigenvalue weighted by atomic mass is 9.80. The maximum absolute atomic E-state index is 7.10. The lowest BCUT2D eigenvalue weighted by Crippen LogP contribution is -2.34. The molecule has 0 radical (unpaired) electrons. The van der Waals surface area contributed by atoms with Gasteiger partial charge in [0.05, 0.1) is 38.5 Å². The van der Waals surface area contributed by atoms with E-state index in [9.17, 15) is 0 Å². The number of furan rings is 1. The van der Waals surface area contributed by atoms with Crippen LogP contribution in [0.4, 0.5) is 0 Å². The molecule has 6 nitrogen and oxygen atoms in total. The van der Waals surface area contributed by atoms with Gasteiger partial charge in [0, 0.05) is 49.5 Å². The lowest BCUT2D eigenvalue weighted by Gasteiger charge is -2.24. The van der Waals surface area contributed by atoms with E-state index in [1.54, 1.807) is 0 Å². The molecule has 0 amide bonds. The first-order chi connectivity index (χ1) is 34.6. The van der Waals surface area contributed by atoms with Gasteiger partial charge >= 0.3 is 0 Å². The number of aromatic nitrogens is 5. The molecule has 6 heteroatoms. The zero-order valence-corrected chi connectivity index (χ0v) is 38.1. The van der Waals surface area contributed by atoms with Gasteiger partial charge in [0.2, 0.25) is 0 Å². The molecule has 0 saturated carbocycles. The van der Waals surface area contributed by atoms with Gasteiger partial charge in [-0.15, -0.1) is 0 Å². The number of fused-ring (bicyclic) bond motifs is 12. The molecular weight excluding hydrogens is 855 g/mol. The van der Waals surface area contributed by atoms with Crippen LogP contribution in [0.15, 0.2) is 216 Å². The highest BCUT2D eigenvalue weighted by molar-refractivity contribution is 6.15. The summed E-state index contributed by atoms with van der Waals surface area (Å²) in [6, 6.07) is 66.6. The molecule has 9 aromatic carbocycles. The van der Waals surface area contributed by atoms with Gasteiger partial charge in [-0.25, -0.2) is 15.0 Å². The predicted molar refractivity (Wildman–Crippen MR) is 288 cm³/mol. The summed E-state index contributed by atoms with van der Waals surface area (Å²) >= 11 is 0. The summed E-state index contributed by atoms with van der Waals surface area (Å²) in [5, 5.41) is 12.6. The molecule has 0 saturated heterocycles. The van der Waals surface area contributed by atoms with Crippen molar-refractivity contribution >= 4 is 88.3 Å². The van der Waals surface area contributed by atoms with Crippen LogP contribution in [0.3, 0.4) is 0 Å². The molecule has 0 aliphatic heterocycles. The zero-order chi connectivity index (χ0) is 46.0. The zero-order valence-electron chi connectivity index (χ0n) is 38.1. The largest absolute Gasteiger partial charge is 0.455 e. The van der Waals surface area contributed by atoms with Crippen molar-refractivity contribution in [2.24, 2.45) is 11.8 Å². The van der Waals surface area contributed by atoms with E-state index in [0.717, 1.165) is 93.4 Å². The van der Waals surface area contributed by atoms with Gasteiger partial charge in [-0.05, 0) is 93.7 Å². The fraction of sp³-hybridized carbons (Fsp3) is 0.0469. The molecule has 0 bridgehead atoms. The first-order valence-electron chi connectivity index (χ1n) is 24.1. The van der Waals surface area contributed by atoms with E-state index in [1.807, 2.05) is 6.07 Å². The van der Waals surface area contributed by atoms with Crippen LogP contribution in [0.1, 0.15) is 6.92 Å². The molecule has 0 spiro atoms. The highest BCUT2D eigenvalue weighted by atomic mass is 16.3. The minimum atomic E-state index is 0.300. The predicted octanol–water partition coefficient (Wildman–Crippen LogP) is 14.4. The molecule has 2 aliphatic carbocycles. The van der Waals surface area contributed by atoms with E-state index in [4.69, 9.17) is 19.4 Å². The Morgan fingerprint density at radius 2 is 1.16 bits per heavy atom. The molecule has 4 aromatic heterocycles. The Bertz CT molecular complexity index is 4560. The molecule has 13 aromatic rings. The van der Waals surface area contributed by atoms with Crippen molar-refractivity contribution in [2.45, 2.75) is 6.92 Å². The molecule has 70 heavy (non-hydrogen) atoms. The third-order valence-electron chi connectivity index (χ3n) is 14.8. The Hall–Kier alpha value is -9.13. The normalized spacial score (nSPS) is 15.5. The van der Waals surface area contributed by atoms with Crippen LogP contribution in [0, 0.1) is 11.8 Å². The van der Waals surface area contributed by atoms with E-state index in [-0.39, 0.29) is 0 Å². The monoisotopic (exact) mass is 895 g/mol. The maximum atomic E-state index is 7.10. The maximum Gasteiger partial charge on any atom is 0.167 e. The Balaban J connectivity index is 1.04. The number of hydrogen-bond donors (Lipinski definition) is 0. The van der Waals surface area contributed by atoms with Gasteiger partial charge in [-0.3, -0.25) is 0 Å². The Labute approximate surface area is 401 Å². The second-order valence-corrected chi connectivity index (χ2v) is 18.8. The van der Waals surface area contributed by atoms with Crippen LogP contribution in [0.2, 0.25) is 0 Å². The van der Waals surface area contributed by atoms with Gasteiger partial charge in [0.1, 0.15) is 11.2 Å².